The largest absolute Gasteiger partial charge is 0.459 e. The highest BCUT2D eigenvalue weighted by Crippen LogP contribution is 2.31. The number of hydrogen-bond acceptors (Lipinski definition) is 6. The number of rotatable bonds is 4. The highest BCUT2D eigenvalue weighted by Gasteiger charge is 2.41. The number of ether oxygens (including phenoxy) is 1. The van der Waals surface area contributed by atoms with Crippen LogP contribution in [0.2, 0.25) is 0 Å². The zero-order chi connectivity index (χ0) is 23.4. The predicted molar refractivity (Wildman–Crippen MR) is 121 cm³/mol. The molecule has 3 rings (SSSR count). The van der Waals surface area contributed by atoms with E-state index in [4.69, 9.17) is 16.2 Å². The second-order valence-electron chi connectivity index (χ2n) is 7.86. The quantitative estimate of drug-likeness (QED) is 0.415. The van der Waals surface area contributed by atoms with Crippen molar-refractivity contribution >= 4 is 38.5 Å². The molecule has 1 atom stereocenters. The predicted octanol–water partition coefficient (Wildman–Crippen LogP) is 2.66. The van der Waals surface area contributed by atoms with Gasteiger partial charge in [0.05, 0.1) is 4.90 Å². The van der Waals surface area contributed by atoms with Gasteiger partial charge in [0.1, 0.15) is 11.6 Å². The van der Waals surface area contributed by atoms with Crippen molar-refractivity contribution in [3.8, 4) is 0 Å². The zero-order valence-electron chi connectivity index (χ0n) is 18.6. The molecule has 0 radical (unpaired) electrons. The van der Waals surface area contributed by atoms with E-state index < -0.39 is 27.6 Å². The molecule has 170 valence electrons. The Labute approximate surface area is 183 Å². The minimum absolute atomic E-state index is 0.0421. The lowest BCUT2D eigenvalue weighted by Gasteiger charge is -2.27. The van der Waals surface area contributed by atoms with Crippen LogP contribution in [0.3, 0.4) is 0 Å². The fourth-order valence-corrected chi connectivity index (χ4v) is 4.95. The second kappa shape index (κ2) is 9.61. The van der Waals surface area contributed by atoms with Crippen molar-refractivity contribution in [1.29, 1.82) is 0 Å². The summed E-state index contributed by atoms with van der Waals surface area (Å²) in [7, 11) is -3.93. The Morgan fingerprint density at radius 3 is 2.52 bits per heavy atom. The summed E-state index contributed by atoms with van der Waals surface area (Å²) in [6.07, 6.45) is 2.54. The number of nitrogens with two attached hydrogens (primary N) is 2. The number of aromatic nitrogens is 1. The van der Waals surface area contributed by atoms with Crippen molar-refractivity contribution in [2.75, 3.05) is 6.54 Å². The monoisotopic (exact) mass is 449 g/mol. The third-order valence-electron chi connectivity index (χ3n) is 4.44. The van der Waals surface area contributed by atoms with Gasteiger partial charge in [0, 0.05) is 18.1 Å². The number of nitrogens with zero attached hydrogens (tertiary/aromatic N) is 3. The van der Waals surface area contributed by atoms with Gasteiger partial charge in [-0.25, -0.2) is 13.4 Å². The Morgan fingerprint density at radius 1 is 1.23 bits per heavy atom. The Kier molecular flexibility index (Phi) is 7.61. The number of carbonyl (C=O) groups is 1. The summed E-state index contributed by atoms with van der Waals surface area (Å²) in [5.74, 6) is -0.491. The van der Waals surface area contributed by atoms with Crippen LogP contribution in [-0.2, 0) is 19.6 Å². The van der Waals surface area contributed by atoms with Gasteiger partial charge in [-0.1, -0.05) is 19.9 Å². The van der Waals surface area contributed by atoms with Crippen LogP contribution in [0.25, 0.3) is 10.8 Å². The molecule has 0 spiro atoms. The molecular weight excluding hydrogens is 418 g/mol. The molecule has 2 heterocycles. The number of carbonyl (C=O) groups excluding carboxylic acids is 1. The van der Waals surface area contributed by atoms with E-state index >= 15 is 0 Å². The lowest BCUT2D eigenvalue weighted by atomic mass is 10.1. The maximum absolute atomic E-state index is 13.3. The van der Waals surface area contributed by atoms with E-state index in [1.165, 1.54) is 22.6 Å². The summed E-state index contributed by atoms with van der Waals surface area (Å²) >= 11 is 0. The summed E-state index contributed by atoms with van der Waals surface area (Å²) in [6.45, 7) is 9.50. The molecule has 1 aromatic carbocycles. The van der Waals surface area contributed by atoms with Gasteiger partial charge in [-0.15, -0.1) is 0 Å². The average Bonchev–Trinajstić information content (AvgIpc) is 3.19. The topological polar surface area (TPSA) is 141 Å². The molecular formula is C21H31N5O4S. The fourth-order valence-electron chi connectivity index (χ4n) is 3.27. The summed E-state index contributed by atoms with van der Waals surface area (Å²) < 4.78 is 33.2. The van der Waals surface area contributed by atoms with E-state index in [-0.39, 0.29) is 23.2 Å². The molecule has 0 saturated carbocycles. The molecule has 9 nitrogen and oxygen atoms in total. The number of aliphatic imine (C=N–C) groups is 1. The Balaban J connectivity index is 0.00000166. The van der Waals surface area contributed by atoms with Gasteiger partial charge >= 0.3 is 5.97 Å². The molecule has 1 aliphatic rings. The lowest BCUT2D eigenvalue weighted by Crippen LogP contribution is -2.43. The number of fused-ring (bicyclic) bond motifs is 1. The lowest BCUT2D eigenvalue weighted by molar-refractivity contribution is -0.158. The first-order valence-corrected chi connectivity index (χ1v) is 11.7. The zero-order valence-corrected chi connectivity index (χ0v) is 19.4. The number of benzene rings is 1. The molecule has 0 bridgehead atoms. The van der Waals surface area contributed by atoms with Crippen LogP contribution >= 0.6 is 0 Å². The van der Waals surface area contributed by atoms with Crippen LogP contribution in [-0.4, -0.2) is 47.8 Å². The molecule has 0 unspecified atom stereocenters. The van der Waals surface area contributed by atoms with E-state index in [2.05, 4.69) is 9.98 Å². The van der Waals surface area contributed by atoms with Gasteiger partial charge in [-0.05, 0) is 57.2 Å². The Morgan fingerprint density at radius 2 is 1.90 bits per heavy atom. The van der Waals surface area contributed by atoms with Gasteiger partial charge in [0.15, 0.2) is 11.8 Å². The number of pyridine rings is 1. The molecule has 31 heavy (non-hydrogen) atoms. The van der Waals surface area contributed by atoms with Crippen molar-refractivity contribution in [1.82, 2.24) is 9.29 Å². The van der Waals surface area contributed by atoms with Gasteiger partial charge in [0.25, 0.3) is 0 Å². The first-order chi connectivity index (χ1) is 14.5. The minimum atomic E-state index is -3.93. The Hall–Kier alpha value is -2.72. The number of hydrogen-bond donors (Lipinski definition) is 2. The first-order valence-electron chi connectivity index (χ1n) is 10.2. The minimum Gasteiger partial charge on any atom is -0.459 e. The summed E-state index contributed by atoms with van der Waals surface area (Å²) in [5, 5.41) is 1.24. The third-order valence-corrected chi connectivity index (χ3v) is 6.34. The molecule has 1 saturated heterocycles. The summed E-state index contributed by atoms with van der Waals surface area (Å²) in [5.41, 5.74) is 10.2. The van der Waals surface area contributed by atoms with E-state index in [0.717, 1.165) is 5.39 Å². The van der Waals surface area contributed by atoms with E-state index in [1.807, 2.05) is 13.8 Å². The maximum atomic E-state index is 13.3. The van der Waals surface area contributed by atoms with Crippen molar-refractivity contribution < 1.29 is 17.9 Å². The van der Waals surface area contributed by atoms with Crippen molar-refractivity contribution in [3.05, 3.63) is 30.5 Å². The molecule has 2 aromatic rings. The van der Waals surface area contributed by atoms with E-state index in [9.17, 15) is 13.2 Å². The SMILES string of the molecule is CC.CC(C)(C)OC(=O)[C@H]1CCCN1S(=O)(=O)c1ccc2ccnc(N=C(N)N)c2c1. The fraction of sp³-hybridized carbons (Fsp3) is 0.476. The molecule has 1 aromatic heterocycles. The highest BCUT2D eigenvalue weighted by atomic mass is 32.2. The van der Waals surface area contributed by atoms with Crippen LogP contribution in [0.15, 0.2) is 40.4 Å². The number of sulfonamides is 1. The number of guanidine groups is 1. The van der Waals surface area contributed by atoms with Crippen LogP contribution < -0.4 is 11.5 Å². The highest BCUT2D eigenvalue weighted by molar-refractivity contribution is 7.89. The molecule has 4 N–H and O–H groups in total. The van der Waals surface area contributed by atoms with Crippen LogP contribution in [0, 0.1) is 0 Å². The van der Waals surface area contributed by atoms with Crippen LogP contribution in [0.1, 0.15) is 47.5 Å². The summed E-state index contributed by atoms with van der Waals surface area (Å²) in [4.78, 5) is 20.7. The van der Waals surface area contributed by atoms with Gasteiger partial charge in [-0.3, -0.25) is 4.79 Å². The molecule has 1 aliphatic heterocycles. The van der Waals surface area contributed by atoms with Crippen LogP contribution in [0.4, 0.5) is 5.82 Å². The van der Waals surface area contributed by atoms with Gasteiger partial charge in [0.2, 0.25) is 10.0 Å². The molecule has 10 heteroatoms. The van der Waals surface area contributed by atoms with Crippen molar-refractivity contribution in [2.24, 2.45) is 16.5 Å². The normalized spacial score (nSPS) is 17.0. The van der Waals surface area contributed by atoms with Crippen LogP contribution in [0.5, 0.6) is 0 Å². The summed E-state index contributed by atoms with van der Waals surface area (Å²) in [6, 6.07) is 5.53. The molecule has 0 amide bonds. The maximum Gasteiger partial charge on any atom is 0.324 e. The molecule has 0 aliphatic carbocycles. The smallest absolute Gasteiger partial charge is 0.324 e. The third kappa shape index (κ3) is 5.71. The Bertz CT molecular complexity index is 1070. The second-order valence-corrected chi connectivity index (χ2v) is 9.75. The van der Waals surface area contributed by atoms with Crippen molar-refractivity contribution in [2.45, 2.75) is 64.0 Å². The van der Waals surface area contributed by atoms with E-state index in [0.29, 0.717) is 18.2 Å². The number of esters is 1. The van der Waals surface area contributed by atoms with E-state index in [1.54, 1.807) is 32.9 Å². The standard InChI is InChI=1S/C19H25N5O4S.C2H6/c1-19(2,3)28-17(25)15-5-4-10-24(15)29(26,27)13-7-6-12-8-9-22-16(14(12)11-13)23-18(20)21;1-2/h6-9,11,15H,4-5,10H2,1-3H3,(H4,20,21,22,23);1-2H3/t15-;/m1./s1. The van der Waals surface area contributed by atoms with Gasteiger partial charge < -0.3 is 16.2 Å². The van der Waals surface area contributed by atoms with Crippen molar-refractivity contribution in [3.63, 3.8) is 0 Å². The molecule has 1 fully saturated rings. The first kappa shape index (κ1) is 24.5. The average molecular weight is 450 g/mol. The van der Waals surface area contributed by atoms with Gasteiger partial charge in [-0.2, -0.15) is 9.30 Å².